The van der Waals surface area contributed by atoms with Gasteiger partial charge in [0.1, 0.15) is 10.6 Å². The number of amides is 1. The summed E-state index contributed by atoms with van der Waals surface area (Å²) in [5.41, 5.74) is 1.03. The van der Waals surface area contributed by atoms with Crippen molar-refractivity contribution in [1.82, 2.24) is 4.31 Å². The maximum absolute atomic E-state index is 13.3. The fraction of sp³-hybridized carbons (Fsp3) is 0.417. The van der Waals surface area contributed by atoms with Crippen LogP contribution in [0.1, 0.15) is 60.2 Å². The minimum absolute atomic E-state index is 0.0219. The van der Waals surface area contributed by atoms with E-state index in [4.69, 9.17) is 9.47 Å². The zero-order valence-electron chi connectivity index (χ0n) is 19.2. The molecule has 3 rings (SSSR count). The zero-order chi connectivity index (χ0) is 24.0. The van der Waals surface area contributed by atoms with Crippen LogP contribution in [0.5, 0.6) is 5.75 Å². The molecule has 9 heteroatoms. The number of hydrogen-bond donors (Lipinski definition) is 1. The average Bonchev–Trinajstić information content (AvgIpc) is 3.09. The van der Waals surface area contributed by atoms with Crippen molar-refractivity contribution >= 4 is 27.6 Å². The first-order valence-electron chi connectivity index (χ1n) is 11.0. The highest BCUT2D eigenvalue weighted by atomic mass is 32.2. The molecule has 0 radical (unpaired) electrons. The fourth-order valence-electron chi connectivity index (χ4n) is 3.62. The highest BCUT2D eigenvalue weighted by molar-refractivity contribution is 7.89. The molecule has 1 saturated heterocycles. The number of hydrogen-bond acceptors (Lipinski definition) is 6. The number of benzene rings is 2. The van der Waals surface area contributed by atoms with Crippen LogP contribution in [0.2, 0.25) is 0 Å². The number of carbonyl (C=O) groups is 2. The number of nitrogens with zero attached hydrogens (tertiary/aromatic N) is 1. The Bertz CT molecular complexity index is 1090. The second kappa shape index (κ2) is 10.8. The largest absolute Gasteiger partial charge is 0.495 e. The molecule has 0 spiro atoms. The molecular weight excluding hydrogens is 444 g/mol. The van der Waals surface area contributed by atoms with Crippen molar-refractivity contribution in [2.24, 2.45) is 0 Å². The van der Waals surface area contributed by atoms with E-state index in [-0.39, 0.29) is 22.3 Å². The van der Waals surface area contributed by atoms with Crippen LogP contribution in [0.15, 0.2) is 47.4 Å². The summed E-state index contributed by atoms with van der Waals surface area (Å²) in [5, 5.41) is 2.73. The summed E-state index contributed by atoms with van der Waals surface area (Å²) in [6.07, 6.45) is 3.39. The lowest BCUT2D eigenvalue weighted by Gasteiger charge is -2.21. The summed E-state index contributed by atoms with van der Waals surface area (Å²) >= 11 is 0. The van der Waals surface area contributed by atoms with E-state index in [0.717, 1.165) is 25.7 Å². The van der Waals surface area contributed by atoms with Crippen molar-refractivity contribution in [3.63, 3.8) is 0 Å². The Hall–Kier alpha value is -2.91. The Balaban J connectivity index is 1.81. The molecule has 0 aromatic heterocycles. The van der Waals surface area contributed by atoms with Crippen LogP contribution in [-0.4, -0.2) is 50.9 Å². The molecule has 2 aromatic carbocycles. The zero-order valence-corrected chi connectivity index (χ0v) is 20.0. The van der Waals surface area contributed by atoms with E-state index < -0.39 is 21.9 Å². The van der Waals surface area contributed by atoms with Gasteiger partial charge >= 0.3 is 5.97 Å². The lowest BCUT2D eigenvalue weighted by atomic mass is 10.1. The molecule has 0 atom stereocenters. The van der Waals surface area contributed by atoms with E-state index in [1.54, 1.807) is 38.1 Å². The van der Waals surface area contributed by atoms with Crippen molar-refractivity contribution in [2.75, 3.05) is 25.5 Å². The summed E-state index contributed by atoms with van der Waals surface area (Å²) in [4.78, 5) is 24.8. The lowest BCUT2D eigenvalue weighted by Crippen LogP contribution is -2.32. The summed E-state index contributed by atoms with van der Waals surface area (Å²) in [6, 6.07) is 10.7. The average molecular weight is 475 g/mol. The number of anilines is 1. The smallest absolute Gasteiger partial charge is 0.338 e. The quantitative estimate of drug-likeness (QED) is 0.607. The summed E-state index contributed by atoms with van der Waals surface area (Å²) in [5.74, 6) is -0.715. The number of ether oxygens (including phenoxy) is 2. The van der Waals surface area contributed by atoms with E-state index in [1.807, 2.05) is 0 Å². The highest BCUT2D eigenvalue weighted by Crippen LogP contribution is 2.29. The van der Waals surface area contributed by atoms with E-state index in [2.05, 4.69) is 5.32 Å². The van der Waals surface area contributed by atoms with Crippen LogP contribution < -0.4 is 10.1 Å². The van der Waals surface area contributed by atoms with Gasteiger partial charge in [0.05, 0.1) is 18.8 Å². The second-order valence-corrected chi connectivity index (χ2v) is 10.1. The van der Waals surface area contributed by atoms with Crippen molar-refractivity contribution in [3.05, 3.63) is 53.6 Å². The lowest BCUT2D eigenvalue weighted by molar-refractivity contribution is 0.0378. The first-order valence-corrected chi connectivity index (χ1v) is 12.5. The molecule has 33 heavy (non-hydrogen) atoms. The second-order valence-electron chi connectivity index (χ2n) is 8.17. The predicted molar refractivity (Wildman–Crippen MR) is 125 cm³/mol. The highest BCUT2D eigenvalue weighted by Gasteiger charge is 2.29. The molecule has 1 N–H and O–H groups in total. The minimum Gasteiger partial charge on any atom is -0.495 e. The molecule has 1 heterocycles. The maximum Gasteiger partial charge on any atom is 0.338 e. The first kappa shape index (κ1) is 24.7. The Morgan fingerprint density at radius 2 is 1.55 bits per heavy atom. The topological polar surface area (TPSA) is 102 Å². The molecular formula is C24H30N2O6S. The molecule has 1 amide bonds. The van der Waals surface area contributed by atoms with Gasteiger partial charge in [-0.1, -0.05) is 12.8 Å². The summed E-state index contributed by atoms with van der Waals surface area (Å²) in [7, 11) is -2.40. The number of esters is 1. The third-order valence-electron chi connectivity index (χ3n) is 5.33. The van der Waals surface area contributed by atoms with E-state index in [1.165, 1.54) is 29.6 Å². The van der Waals surface area contributed by atoms with Gasteiger partial charge in [0.2, 0.25) is 10.0 Å². The Morgan fingerprint density at radius 1 is 0.939 bits per heavy atom. The number of methoxy groups -OCH3 is 1. The number of rotatable bonds is 7. The van der Waals surface area contributed by atoms with Crippen molar-refractivity contribution in [1.29, 1.82) is 0 Å². The van der Waals surface area contributed by atoms with Crippen LogP contribution in [-0.2, 0) is 14.8 Å². The van der Waals surface area contributed by atoms with Crippen LogP contribution in [0.4, 0.5) is 5.69 Å². The molecule has 0 bridgehead atoms. The van der Waals surface area contributed by atoms with Gasteiger partial charge in [0, 0.05) is 24.3 Å². The van der Waals surface area contributed by atoms with Crippen molar-refractivity contribution in [2.45, 2.75) is 50.5 Å². The third-order valence-corrected chi connectivity index (χ3v) is 7.25. The van der Waals surface area contributed by atoms with Crippen molar-refractivity contribution < 1.29 is 27.5 Å². The van der Waals surface area contributed by atoms with Crippen LogP contribution in [0.3, 0.4) is 0 Å². The Morgan fingerprint density at radius 3 is 2.12 bits per heavy atom. The standard InChI is InChI=1S/C24H30N2O6S/c1-17(2)32-24(28)18-8-11-20(12-9-18)25-23(27)19-10-13-21(31-3)22(16-19)33(29,30)26-14-6-4-5-7-15-26/h8-13,16-17H,4-7,14-15H2,1-3H3,(H,25,27). The SMILES string of the molecule is COc1ccc(C(=O)Nc2ccc(C(=O)OC(C)C)cc2)cc1S(=O)(=O)N1CCCCCC1. The van der Waals surface area contributed by atoms with Gasteiger partial charge in [-0.2, -0.15) is 4.31 Å². The van der Waals surface area contributed by atoms with Gasteiger partial charge in [-0.05, 0) is 69.2 Å². The normalized spacial score (nSPS) is 15.0. The molecule has 0 aliphatic carbocycles. The molecule has 1 fully saturated rings. The molecule has 1 aliphatic heterocycles. The first-order chi connectivity index (χ1) is 15.7. The molecule has 0 saturated carbocycles. The molecule has 8 nitrogen and oxygen atoms in total. The third kappa shape index (κ3) is 6.11. The van der Waals surface area contributed by atoms with Gasteiger partial charge < -0.3 is 14.8 Å². The molecule has 1 aliphatic rings. The van der Waals surface area contributed by atoms with Crippen LogP contribution >= 0.6 is 0 Å². The van der Waals surface area contributed by atoms with Gasteiger partial charge in [-0.25, -0.2) is 13.2 Å². The monoisotopic (exact) mass is 474 g/mol. The molecule has 0 unspecified atom stereocenters. The molecule has 2 aromatic rings. The fourth-order valence-corrected chi connectivity index (χ4v) is 5.31. The van der Waals surface area contributed by atoms with Gasteiger partial charge in [0.25, 0.3) is 5.91 Å². The Kier molecular flexibility index (Phi) is 8.10. The number of nitrogens with one attached hydrogen (secondary N) is 1. The van der Waals surface area contributed by atoms with Crippen LogP contribution in [0.25, 0.3) is 0 Å². The van der Waals surface area contributed by atoms with E-state index >= 15 is 0 Å². The van der Waals surface area contributed by atoms with E-state index in [9.17, 15) is 18.0 Å². The van der Waals surface area contributed by atoms with Crippen molar-refractivity contribution in [3.8, 4) is 5.75 Å². The summed E-state index contributed by atoms with van der Waals surface area (Å²) < 4.78 is 38.5. The predicted octanol–water partition coefficient (Wildman–Crippen LogP) is 4.08. The van der Waals surface area contributed by atoms with Gasteiger partial charge in [0.15, 0.2) is 0 Å². The number of carbonyl (C=O) groups excluding carboxylic acids is 2. The van der Waals surface area contributed by atoms with Crippen LogP contribution in [0, 0.1) is 0 Å². The van der Waals surface area contributed by atoms with E-state index in [0.29, 0.717) is 24.3 Å². The van der Waals surface area contributed by atoms with Gasteiger partial charge in [-0.15, -0.1) is 0 Å². The maximum atomic E-state index is 13.3. The van der Waals surface area contributed by atoms with Gasteiger partial charge in [-0.3, -0.25) is 4.79 Å². The molecule has 178 valence electrons. The Labute approximate surface area is 194 Å². The summed E-state index contributed by atoms with van der Waals surface area (Å²) in [6.45, 7) is 4.44. The minimum atomic E-state index is -3.81. The number of sulfonamides is 1.